The maximum Gasteiger partial charge on any atom is 0.249 e. The highest BCUT2D eigenvalue weighted by Crippen LogP contribution is 2.27. The van der Waals surface area contributed by atoms with Crippen LogP contribution in [0.3, 0.4) is 0 Å². The number of carbonyl (C=O) groups is 1. The van der Waals surface area contributed by atoms with Crippen molar-refractivity contribution in [2.45, 2.75) is 70.1 Å². The van der Waals surface area contributed by atoms with E-state index in [9.17, 15) is 4.79 Å². The lowest BCUT2D eigenvalue weighted by molar-refractivity contribution is -0.133. The maximum absolute atomic E-state index is 12.2. The molecule has 0 aromatic heterocycles. The number of ether oxygens (including phenoxy) is 1. The Hall–Kier alpha value is -0.320. The summed E-state index contributed by atoms with van der Waals surface area (Å²) in [4.78, 5) is 12.2. The Kier molecular flexibility index (Phi) is 7.11. The molecule has 1 aliphatic carbocycles. The Labute approximate surface area is 122 Å². The number of halogens is 1. The second kappa shape index (κ2) is 8.08. The molecule has 4 nitrogen and oxygen atoms in total. The Morgan fingerprint density at radius 2 is 2.00 bits per heavy atom. The van der Waals surface area contributed by atoms with Crippen molar-refractivity contribution in [1.82, 2.24) is 5.32 Å². The van der Waals surface area contributed by atoms with E-state index in [-0.39, 0.29) is 30.5 Å². The van der Waals surface area contributed by atoms with E-state index >= 15 is 0 Å². The molecule has 112 valence electrons. The van der Waals surface area contributed by atoms with Gasteiger partial charge in [-0.15, -0.1) is 12.4 Å². The SMILES string of the molecule is CCC1CCCCC1NC(=O)[C@@H]1CC[C@H](CN)O1.Cl. The third-order valence-corrected chi connectivity index (χ3v) is 4.42. The Morgan fingerprint density at radius 3 is 2.63 bits per heavy atom. The lowest BCUT2D eigenvalue weighted by Crippen LogP contribution is -2.46. The maximum atomic E-state index is 12.2. The molecule has 0 aromatic rings. The van der Waals surface area contributed by atoms with E-state index in [0.717, 1.165) is 25.7 Å². The molecule has 0 spiro atoms. The van der Waals surface area contributed by atoms with Crippen molar-refractivity contribution in [2.24, 2.45) is 11.7 Å². The molecule has 3 N–H and O–H groups in total. The normalized spacial score (nSPS) is 34.6. The molecule has 19 heavy (non-hydrogen) atoms. The molecule has 1 amide bonds. The van der Waals surface area contributed by atoms with Gasteiger partial charge in [-0.05, 0) is 31.6 Å². The highest BCUT2D eigenvalue weighted by molar-refractivity contribution is 5.85. The van der Waals surface area contributed by atoms with E-state index in [2.05, 4.69) is 12.2 Å². The molecule has 2 aliphatic rings. The van der Waals surface area contributed by atoms with Crippen LogP contribution in [-0.4, -0.2) is 30.7 Å². The van der Waals surface area contributed by atoms with E-state index in [1.807, 2.05) is 0 Å². The zero-order chi connectivity index (χ0) is 13.0. The zero-order valence-electron chi connectivity index (χ0n) is 11.8. The monoisotopic (exact) mass is 290 g/mol. The summed E-state index contributed by atoms with van der Waals surface area (Å²) in [6, 6.07) is 0.358. The molecule has 2 rings (SSSR count). The number of nitrogens with two attached hydrogens (primary N) is 1. The van der Waals surface area contributed by atoms with Gasteiger partial charge in [0.25, 0.3) is 0 Å². The fraction of sp³-hybridized carbons (Fsp3) is 0.929. The Balaban J connectivity index is 0.00000180. The smallest absolute Gasteiger partial charge is 0.249 e. The summed E-state index contributed by atoms with van der Waals surface area (Å²) < 4.78 is 5.65. The molecule has 0 radical (unpaired) electrons. The molecule has 0 bridgehead atoms. The van der Waals surface area contributed by atoms with Gasteiger partial charge in [-0.1, -0.05) is 26.2 Å². The summed E-state index contributed by atoms with van der Waals surface area (Å²) in [5.74, 6) is 0.728. The number of amides is 1. The summed E-state index contributed by atoms with van der Waals surface area (Å²) in [6.07, 6.45) is 7.61. The van der Waals surface area contributed by atoms with Gasteiger partial charge in [-0.3, -0.25) is 4.79 Å². The van der Waals surface area contributed by atoms with Gasteiger partial charge >= 0.3 is 0 Å². The fourth-order valence-electron chi connectivity index (χ4n) is 3.23. The van der Waals surface area contributed by atoms with Gasteiger partial charge in [0.05, 0.1) is 6.10 Å². The predicted octanol–water partition coefficient (Wildman–Crippen LogP) is 2.00. The minimum Gasteiger partial charge on any atom is -0.364 e. The minimum atomic E-state index is -0.266. The predicted molar refractivity (Wildman–Crippen MR) is 78.4 cm³/mol. The van der Waals surface area contributed by atoms with Gasteiger partial charge in [-0.2, -0.15) is 0 Å². The number of nitrogens with one attached hydrogen (secondary N) is 1. The van der Waals surface area contributed by atoms with Gasteiger partial charge in [0.15, 0.2) is 0 Å². The van der Waals surface area contributed by atoms with Crippen LogP contribution in [0, 0.1) is 5.92 Å². The molecule has 2 unspecified atom stereocenters. The Morgan fingerprint density at radius 1 is 1.26 bits per heavy atom. The molecule has 1 aliphatic heterocycles. The van der Waals surface area contributed by atoms with Gasteiger partial charge in [0, 0.05) is 12.6 Å². The Bertz CT molecular complexity index is 289. The van der Waals surface area contributed by atoms with Crippen LogP contribution in [0.15, 0.2) is 0 Å². The molecular formula is C14H27ClN2O2. The second-order valence-electron chi connectivity index (χ2n) is 5.63. The van der Waals surface area contributed by atoms with Crippen molar-refractivity contribution in [3.8, 4) is 0 Å². The average Bonchev–Trinajstić information content (AvgIpc) is 2.88. The van der Waals surface area contributed by atoms with Crippen LogP contribution in [0.2, 0.25) is 0 Å². The molecule has 1 saturated heterocycles. The third kappa shape index (κ3) is 4.33. The molecule has 1 saturated carbocycles. The number of hydrogen-bond donors (Lipinski definition) is 2. The zero-order valence-corrected chi connectivity index (χ0v) is 12.6. The third-order valence-electron chi connectivity index (χ3n) is 4.42. The van der Waals surface area contributed by atoms with Crippen molar-refractivity contribution in [3.05, 3.63) is 0 Å². The van der Waals surface area contributed by atoms with Gasteiger partial charge in [0.2, 0.25) is 5.91 Å². The summed E-state index contributed by atoms with van der Waals surface area (Å²) in [5, 5.41) is 3.20. The minimum absolute atomic E-state index is 0. The van der Waals surface area contributed by atoms with Crippen LogP contribution in [0.25, 0.3) is 0 Å². The number of rotatable bonds is 4. The van der Waals surface area contributed by atoms with Crippen molar-refractivity contribution >= 4 is 18.3 Å². The number of hydrogen-bond acceptors (Lipinski definition) is 3. The van der Waals surface area contributed by atoms with Crippen molar-refractivity contribution in [2.75, 3.05) is 6.54 Å². The average molecular weight is 291 g/mol. The van der Waals surface area contributed by atoms with Gasteiger partial charge < -0.3 is 15.8 Å². The standard InChI is InChI=1S/C14H26N2O2.ClH/c1-2-10-5-3-4-6-12(10)16-14(17)13-8-7-11(9-15)18-13;/h10-13H,2-9,15H2,1H3,(H,16,17);1H/t10?,11-,12?,13+;/m1./s1. The number of carbonyl (C=O) groups excluding carboxylic acids is 1. The summed E-state index contributed by atoms with van der Waals surface area (Å²) in [5.41, 5.74) is 5.57. The first-order valence-electron chi connectivity index (χ1n) is 7.40. The van der Waals surface area contributed by atoms with E-state index in [4.69, 9.17) is 10.5 Å². The van der Waals surface area contributed by atoms with Crippen LogP contribution >= 0.6 is 12.4 Å². The van der Waals surface area contributed by atoms with Crippen molar-refractivity contribution < 1.29 is 9.53 Å². The van der Waals surface area contributed by atoms with Crippen molar-refractivity contribution in [1.29, 1.82) is 0 Å². The highest BCUT2D eigenvalue weighted by atomic mass is 35.5. The molecule has 4 atom stereocenters. The van der Waals surface area contributed by atoms with Crippen molar-refractivity contribution in [3.63, 3.8) is 0 Å². The topological polar surface area (TPSA) is 64.4 Å². The molecule has 2 fully saturated rings. The van der Waals surface area contributed by atoms with Crippen LogP contribution in [0.5, 0.6) is 0 Å². The van der Waals surface area contributed by atoms with E-state index in [1.165, 1.54) is 19.3 Å². The van der Waals surface area contributed by atoms with Crippen LogP contribution in [0.4, 0.5) is 0 Å². The largest absolute Gasteiger partial charge is 0.364 e. The van der Waals surface area contributed by atoms with E-state index in [0.29, 0.717) is 18.5 Å². The lowest BCUT2D eigenvalue weighted by Gasteiger charge is -2.32. The van der Waals surface area contributed by atoms with E-state index in [1.54, 1.807) is 0 Å². The summed E-state index contributed by atoms with van der Waals surface area (Å²) in [7, 11) is 0. The van der Waals surface area contributed by atoms with Crippen LogP contribution < -0.4 is 11.1 Å². The van der Waals surface area contributed by atoms with Crippen LogP contribution in [-0.2, 0) is 9.53 Å². The molecule has 5 heteroatoms. The second-order valence-corrected chi connectivity index (χ2v) is 5.63. The summed E-state index contributed by atoms with van der Waals surface area (Å²) >= 11 is 0. The fourth-order valence-corrected chi connectivity index (χ4v) is 3.23. The quantitative estimate of drug-likeness (QED) is 0.832. The van der Waals surface area contributed by atoms with Crippen LogP contribution in [0.1, 0.15) is 51.9 Å². The molecular weight excluding hydrogens is 264 g/mol. The highest BCUT2D eigenvalue weighted by Gasteiger charge is 2.32. The first-order chi connectivity index (χ1) is 8.74. The molecule has 1 heterocycles. The van der Waals surface area contributed by atoms with E-state index < -0.39 is 0 Å². The first-order valence-corrected chi connectivity index (χ1v) is 7.40. The van der Waals surface area contributed by atoms with Gasteiger partial charge in [-0.25, -0.2) is 0 Å². The first kappa shape index (κ1) is 16.7. The lowest BCUT2D eigenvalue weighted by atomic mass is 9.83. The molecule has 0 aromatic carbocycles. The summed E-state index contributed by atoms with van der Waals surface area (Å²) in [6.45, 7) is 2.73. The van der Waals surface area contributed by atoms with Gasteiger partial charge in [0.1, 0.15) is 6.10 Å².